The second-order valence-corrected chi connectivity index (χ2v) is 7.32. The molecule has 0 fully saturated rings. The second kappa shape index (κ2) is 8.28. The number of nitrogens with zero attached hydrogens (tertiary/aromatic N) is 3. The Morgan fingerprint density at radius 3 is 2.48 bits per heavy atom. The number of ether oxygens (including phenoxy) is 2. The molecule has 0 saturated carbocycles. The summed E-state index contributed by atoms with van der Waals surface area (Å²) in [5, 5.41) is 0.623. The monoisotopic (exact) mass is 405 g/mol. The fraction of sp³-hybridized carbons (Fsp3) is 0.136. The third-order valence-corrected chi connectivity index (χ3v) is 5.50. The molecule has 0 aliphatic heterocycles. The van der Waals surface area contributed by atoms with Crippen molar-refractivity contribution in [3.05, 3.63) is 78.1 Å². The molecule has 0 radical (unpaired) electrons. The predicted molar refractivity (Wildman–Crippen MR) is 114 cm³/mol. The van der Waals surface area contributed by atoms with Crippen molar-refractivity contribution >= 4 is 32.6 Å². The van der Waals surface area contributed by atoms with Crippen molar-refractivity contribution in [3.8, 4) is 11.5 Å². The zero-order chi connectivity index (χ0) is 20.2. The Morgan fingerprint density at radius 2 is 1.79 bits per heavy atom. The molecule has 29 heavy (non-hydrogen) atoms. The van der Waals surface area contributed by atoms with E-state index >= 15 is 0 Å². The number of amides is 1. The summed E-state index contributed by atoms with van der Waals surface area (Å²) in [6.07, 6.45) is 3.47. The van der Waals surface area contributed by atoms with Gasteiger partial charge in [0.25, 0.3) is 5.91 Å². The van der Waals surface area contributed by atoms with Gasteiger partial charge in [-0.1, -0.05) is 17.4 Å². The van der Waals surface area contributed by atoms with Crippen LogP contribution in [-0.2, 0) is 6.54 Å². The van der Waals surface area contributed by atoms with Crippen LogP contribution in [0.4, 0.5) is 5.13 Å². The van der Waals surface area contributed by atoms with Gasteiger partial charge in [0.1, 0.15) is 11.5 Å². The molecule has 0 N–H and O–H groups in total. The van der Waals surface area contributed by atoms with Gasteiger partial charge in [-0.2, -0.15) is 0 Å². The number of methoxy groups -OCH3 is 2. The SMILES string of the molecule is COc1ccc(C(=O)N(Cc2cccnc2)c2nc3ccc(OC)cc3s2)cc1. The summed E-state index contributed by atoms with van der Waals surface area (Å²) in [4.78, 5) is 23.9. The Labute approximate surface area is 172 Å². The van der Waals surface area contributed by atoms with Gasteiger partial charge in [0.15, 0.2) is 5.13 Å². The maximum atomic E-state index is 13.4. The first-order valence-corrected chi connectivity index (χ1v) is 9.79. The lowest BCUT2D eigenvalue weighted by atomic mass is 10.2. The van der Waals surface area contributed by atoms with Crippen LogP contribution in [0.15, 0.2) is 67.0 Å². The van der Waals surface area contributed by atoms with Crippen LogP contribution in [0.2, 0.25) is 0 Å². The lowest BCUT2D eigenvalue weighted by Gasteiger charge is -2.20. The number of carbonyl (C=O) groups excluding carboxylic acids is 1. The van der Waals surface area contributed by atoms with E-state index in [0.29, 0.717) is 23.0 Å². The molecular formula is C22H19N3O3S. The first-order valence-electron chi connectivity index (χ1n) is 8.97. The number of thiazole rings is 1. The molecule has 0 aliphatic rings. The molecule has 4 rings (SSSR count). The Kier molecular flexibility index (Phi) is 5.39. The highest BCUT2D eigenvalue weighted by Crippen LogP contribution is 2.33. The summed E-state index contributed by atoms with van der Waals surface area (Å²) in [7, 11) is 3.23. The van der Waals surface area contributed by atoms with Gasteiger partial charge in [-0.15, -0.1) is 0 Å². The molecular weight excluding hydrogens is 386 g/mol. The van der Waals surface area contributed by atoms with Crippen molar-refractivity contribution in [2.75, 3.05) is 19.1 Å². The van der Waals surface area contributed by atoms with Crippen LogP contribution in [0.1, 0.15) is 15.9 Å². The van der Waals surface area contributed by atoms with Gasteiger partial charge in [-0.25, -0.2) is 4.98 Å². The van der Waals surface area contributed by atoms with Crippen molar-refractivity contribution in [1.82, 2.24) is 9.97 Å². The molecule has 2 aromatic carbocycles. The number of aromatic nitrogens is 2. The number of rotatable bonds is 6. The van der Waals surface area contributed by atoms with Gasteiger partial charge in [-0.3, -0.25) is 14.7 Å². The van der Waals surface area contributed by atoms with Gasteiger partial charge < -0.3 is 9.47 Å². The molecule has 0 aliphatic carbocycles. The Balaban J connectivity index is 1.74. The van der Waals surface area contributed by atoms with Gasteiger partial charge in [0, 0.05) is 18.0 Å². The van der Waals surface area contributed by atoms with E-state index in [1.54, 1.807) is 55.8 Å². The van der Waals surface area contributed by atoms with Crippen LogP contribution in [0.25, 0.3) is 10.2 Å². The summed E-state index contributed by atoms with van der Waals surface area (Å²) in [6, 6.07) is 16.6. The summed E-state index contributed by atoms with van der Waals surface area (Å²) in [6.45, 7) is 0.371. The maximum Gasteiger partial charge on any atom is 0.260 e. The Hall–Kier alpha value is -3.45. The fourth-order valence-corrected chi connectivity index (χ4v) is 3.92. The van der Waals surface area contributed by atoms with E-state index in [-0.39, 0.29) is 5.91 Å². The smallest absolute Gasteiger partial charge is 0.260 e. The van der Waals surface area contributed by atoms with E-state index in [4.69, 9.17) is 9.47 Å². The molecule has 1 amide bonds. The molecule has 4 aromatic rings. The minimum Gasteiger partial charge on any atom is -0.497 e. The lowest BCUT2D eigenvalue weighted by Crippen LogP contribution is -2.30. The van der Waals surface area contributed by atoms with Gasteiger partial charge in [0.2, 0.25) is 0 Å². The highest BCUT2D eigenvalue weighted by molar-refractivity contribution is 7.22. The fourth-order valence-electron chi connectivity index (χ4n) is 2.93. The number of carbonyl (C=O) groups is 1. The Morgan fingerprint density at radius 1 is 1.03 bits per heavy atom. The number of pyridine rings is 1. The average Bonchev–Trinajstić information content (AvgIpc) is 3.20. The molecule has 0 bridgehead atoms. The molecule has 2 heterocycles. The maximum absolute atomic E-state index is 13.4. The second-order valence-electron chi connectivity index (χ2n) is 6.31. The zero-order valence-corrected chi connectivity index (χ0v) is 16.8. The summed E-state index contributed by atoms with van der Waals surface area (Å²) in [5.41, 5.74) is 2.31. The number of hydrogen-bond acceptors (Lipinski definition) is 6. The van der Waals surface area contributed by atoms with E-state index < -0.39 is 0 Å². The van der Waals surface area contributed by atoms with Crippen molar-refractivity contribution in [1.29, 1.82) is 0 Å². The number of benzene rings is 2. The number of fused-ring (bicyclic) bond motifs is 1. The van der Waals surface area contributed by atoms with Crippen LogP contribution in [0.3, 0.4) is 0 Å². The van der Waals surface area contributed by atoms with Gasteiger partial charge in [0.05, 0.1) is 31.0 Å². The first-order chi connectivity index (χ1) is 14.2. The van der Waals surface area contributed by atoms with Crippen LogP contribution in [0, 0.1) is 0 Å². The van der Waals surface area contributed by atoms with Crippen LogP contribution in [0.5, 0.6) is 11.5 Å². The van der Waals surface area contributed by atoms with E-state index in [2.05, 4.69) is 9.97 Å². The minimum absolute atomic E-state index is 0.137. The standard InChI is InChI=1S/C22H19N3O3S/c1-27-17-7-5-16(6-8-17)21(26)25(14-15-4-3-11-23-13-15)22-24-19-10-9-18(28-2)12-20(19)29-22/h3-13H,14H2,1-2H3. The third-order valence-electron chi connectivity index (χ3n) is 4.46. The molecule has 0 unspecified atom stereocenters. The van der Waals surface area contributed by atoms with Gasteiger partial charge in [-0.05, 0) is 54.1 Å². The summed E-state index contributed by atoms with van der Waals surface area (Å²) in [5.74, 6) is 1.32. The van der Waals surface area contributed by atoms with E-state index in [1.165, 1.54) is 11.3 Å². The molecule has 0 saturated heterocycles. The third kappa shape index (κ3) is 4.05. The lowest BCUT2D eigenvalue weighted by molar-refractivity contribution is 0.0985. The topological polar surface area (TPSA) is 64.5 Å². The van der Waals surface area contributed by atoms with Crippen molar-refractivity contribution in [2.24, 2.45) is 0 Å². The van der Waals surface area contributed by atoms with E-state index in [1.807, 2.05) is 30.3 Å². The normalized spacial score (nSPS) is 10.7. The molecule has 0 atom stereocenters. The average molecular weight is 405 g/mol. The number of hydrogen-bond donors (Lipinski definition) is 0. The van der Waals surface area contributed by atoms with Crippen molar-refractivity contribution in [2.45, 2.75) is 6.54 Å². The van der Waals surface area contributed by atoms with Crippen molar-refractivity contribution < 1.29 is 14.3 Å². The van der Waals surface area contributed by atoms with E-state index in [9.17, 15) is 4.79 Å². The quantitative estimate of drug-likeness (QED) is 0.471. The number of anilines is 1. The minimum atomic E-state index is -0.137. The van der Waals surface area contributed by atoms with Gasteiger partial charge >= 0.3 is 0 Å². The summed E-state index contributed by atoms with van der Waals surface area (Å²) >= 11 is 1.45. The Bertz CT molecular complexity index is 1130. The molecule has 2 aromatic heterocycles. The molecule has 6 nitrogen and oxygen atoms in total. The summed E-state index contributed by atoms with van der Waals surface area (Å²) < 4.78 is 11.5. The zero-order valence-electron chi connectivity index (χ0n) is 16.0. The predicted octanol–water partition coefficient (Wildman–Crippen LogP) is 4.56. The molecule has 146 valence electrons. The highest BCUT2D eigenvalue weighted by Gasteiger charge is 2.22. The van der Waals surface area contributed by atoms with Crippen molar-refractivity contribution in [3.63, 3.8) is 0 Å². The van der Waals surface area contributed by atoms with Crippen LogP contribution in [-0.4, -0.2) is 30.1 Å². The van der Waals surface area contributed by atoms with E-state index in [0.717, 1.165) is 21.5 Å². The van der Waals surface area contributed by atoms with Crippen LogP contribution >= 0.6 is 11.3 Å². The van der Waals surface area contributed by atoms with Crippen LogP contribution < -0.4 is 14.4 Å². The first kappa shape index (κ1) is 18.9. The molecule has 0 spiro atoms. The largest absolute Gasteiger partial charge is 0.497 e. The molecule has 7 heteroatoms. The highest BCUT2D eigenvalue weighted by atomic mass is 32.1.